The summed E-state index contributed by atoms with van der Waals surface area (Å²) in [5.74, 6) is -0.106. The van der Waals surface area contributed by atoms with E-state index in [9.17, 15) is 4.79 Å². The zero-order valence-electron chi connectivity index (χ0n) is 10.4. The molecule has 1 fully saturated rings. The fourth-order valence-electron chi connectivity index (χ4n) is 2.30. The van der Waals surface area contributed by atoms with Crippen LogP contribution in [0.2, 0.25) is 0 Å². The van der Waals surface area contributed by atoms with Gasteiger partial charge in [-0.3, -0.25) is 9.69 Å². The van der Waals surface area contributed by atoms with Crippen molar-refractivity contribution in [2.45, 2.75) is 46.1 Å². The molecule has 0 aromatic carbocycles. The number of carbonyl (C=O) groups is 1. The number of ether oxygens (including phenoxy) is 1. The van der Waals surface area contributed by atoms with Crippen LogP contribution in [0.5, 0.6) is 0 Å². The van der Waals surface area contributed by atoms with Crippen molar-refractivity contribution in [3.8, 4) is 0 Å². The van der Waals surface area contributed by atoms with Crippen LogP contribution in [0.25, 0.3) is 0 Å². The summed E-state index contributed by atoms with van der Waals surface area (Å²) in [5.41, 5.74) is 0.391. The van der Waals surface area contributed by atoms with E-state index in [4.69, 9.17) is 4.74 Å². The summed E-state index contributed by atoms with van der Waals surface area (Å²) in [4.78, 5) is 13.6. The summed E-state index contributed by atoms with van der Waals surface area (Å²) in [6.07, 6.45) is 3.03. The van der Waals surface area contributed by atoms with Gasteiger partial charge in [0.2, 0.25) is 0 Å². The zero-order chi connectivity index (χ0) is 11.5. The van der Waals surface area contributed by atoms with Crippen molar-refractivity contribution in [3.05, 3.63) is 0 Å². The summed E-state index contributed by atoms with van der Waals surface area (Å²) in [6, 6.07) is 0.303. The molecule has 0 saturated carbocycles. The number of carbonyl (C=O) groups excluding carboxylic acids is 1. The second-order valence-electron chi connectivity index (χ2n) is 5.37. The molecule has 1 atom stereocenters. The molecule has 0 bridgehead atoms. The van der Waals surface area contributed by atoms with Crippen LogP contribution in [0.1, 0.15) is 40.0 Å². The Morgan fingerprint density at radius 1 is 1.53 bits per heavy atom. The van der Waals surface area contributed by atoms with Crippen LogP contribution in [0.15, 0.2) is 0 Å². The van der Waals surface area contributed by atoms with Gasteiger partial charge >= 0.3 is 5.97 Å². The fourth-order valence-corrected chi connectivity index (χ4v) is 2.30. The molecule has 3 nitrogen and oxygen atoms in total. The predicted octanol–water partition coefficient (Wildman–Crippen LogP) is 2.06. The first-order valence-electron chi connectivity index (χ1n) is 5.75. The minimum absolute atomic E-state index is 0.106. The molecule has 1 heterocycles. The average molecular weight is 213 g/mol. The molecule has 1 saturated heterocycles. The third kappa shape index (κ3) is 3.82. The maximum atomic E-state index is 11.2. The Kier molecular flexibility index (Phi) is 4.14. The van der Waals surface area contributed by atoms with Crippen molar-refractivity contribution in [2.24, 2.45) is 5.41 Å². The summed E-state index contributed by atoms with van der Waals surface area (Å²) in [5, 5.41) is 0. The van der Waals surface area contributed by atoms with Crippen molar-refractivity contribution in [1.29, 1.82) is 0 Å². The predicted molar refractivity (Wildman–Crippen MR) is 60.7 cm³/mol. The number of hydrogen-bond donors (Lipinski definition) is 0. The summed E-state index contributed by atoms with van der Waals surface area (Å²) < 4.78 is 4.70. The Balaban J connectivity index is 2.45. The van der Waals surface area contributed by atoms with Gasteiger partial charge in [0.25, 0.3) is 0 Å². The van der Waals surface area contributed by atoms with Gasteiger partial charge in [-0.05, 0) is 31.7 Å². The Labute approximate surface area is 92.8 Å². The van der Waals surface area contributed by atoms with Crippen molar-refractivity contribution in [2.75, 3.05) is 20.2 Å². The maximum Gasteiger partial charge on any atom is 0.307 e. The van der Waals surface area contributed by atoms with Gasteiger partial charge in [-0.25, -0.2) is 0 Å². The van der Waals surface area contributed by atoms with E-state index < -0.39 is 0 Å². The molecule has 0 N–H and O–H groups in total. The topological polar surface area (TPSA) is 29.5 Å². The highest BCUT2D eigenvalue weighted by Crippen LogP contribution is 2.29. The number of esters is 1. The number of nitrogens with zero attached hydrogens (tertiary/aromatic N) is 1. The van der Waals surface area contributed by atoms with Gasteiger partial charge in [-0.1, -0.05) is 13.8 Å². The number of hydrogen-bond acceptors (Lipinski definition) is 3. The lowest BCUT2D eigenvalue weighted by molar-refractivity contribution is -0.142. The average Bonchev–Trinajstić information content (AvgIpc) is 2.16. The summed E-state index contributed by atoms with van der Waals surface area (Å²) in [7, 11) is 1.45. The molecular formula is C12H23NO2. The van der Waals surface area contributed by atoms with Crippen LogP contribution in [0.3, 0.4) is 0 Å². The Hall–Kier alpha value is -0.570. The van der Waals surface area contributed by atoms with Gasteiger partial charge < -0.3 is 4.74 Å². The summed E-state index contributed by atoms with van der Waals surface area (Å²) in [6.45, 7) is 8.90. The van der Waals surface area contributed by atoms with E-state index in [-0.39, 0.29) is 5.97 Å². The normalized spacial score (nSPS) is 23.5. The van der Waals surface area contributed by atoms with Crippen molar-refractivity contribution < 1.29 is 9.53 Å². The van der Waals surface area contributed by atoms with Crippen molar-refractivity contribution >= 4 is 5.97 Å². The van der Waals surface area contributed by atoms with Gasteiger partial charge in [0, 0.05) is 12.6 Å². The minimum Gasteiger partial charge on any atom is -0.469 e. The van der Waals surface area contributed by atoms with Crippen LogP contribution in [0.4, 0.5) is 0 Å². The molecule has 0 spiro atoms. The maximum absolute atomic E-state index is 11.2. The van der Waals surface area contributed by atoms with E-state index in [2.05, 4.69) is 25.7 Å². The molecule has 1 rings (SSSR count). The van der Waals surface area contributed by atoms with Gasteiger partial charge in [0.1, 0.15) is 0 Å². The van der Waals surface area contributed by atoms with Gasteiger partial charge in [-0.15, -0.1) is 0 Å². The molecule has 1 aliphatic heterocycles. The van der Waals surface area contributed by atoms with E-state index in [0.29, 0.717) is 17.9 Å². The first kappa shape index (κ1) is 12.5. The highest BCUT2D eigenvalue weighted by molar-refractivity contribution is 5.69. The van der Waals surface area contributed by atoms with Crippen molar-refractivity contribution in [3.63, 3.8) is 0 Å². The Morgan fingerprint density at radius 2 is 2.20 bits per heavy atom. The third-order valence-corrected chi connectivity index (χ3v) is 3.24. The number of rotatable bonds is 3. The van der Waals surface area contributed by atoms with Crippen LogP contribution in [0, 0.1) is 5.41 Å². The first-order chi connectivity index (χ1) is 6.94. The minimum atomic E-state index is -0.106. The second-order valence-corrected chi connectivity index (χ2v) is 5.37. The number of piperidine rings is 1. The lowest BCUT2D eigenvalue weighted by Gasteiger charge is -2.41. The summed E-state index contributed by atoms with van der Waals surface area (Å²) >= 11 is 0. The molecule has 88 valence electrons. The van der Waals surface area contributed by atoms with Gasteiger partial charge in [-0.2, -0.15) is 0 Å². The van der Waals surface area contributed by atoms with E-state index in [1.807, 2.05) is 0 Å². The largest absolute Gasteiger partial charge is 0.469 e. The molecule has 0 aromatic rings. The Bertz CT molecular complexity index is 226. The molecular weight excluding hydrogens is 190 g/mol. The SMILES string of the molecule is COC(=O)CC(C)N1CCCC(C)(C)C1. The molecule has 0 radical (unpaired) electrons. The molecule has 0 aromatic heterocycles. The monoisotopic (exact) mass is 213 g/mol. The standard InChI is InChI=1S/C12H23NO2/c1-10(8-11(14)15-4)13-7-5-6-12(2,3)9-13/h10H,5-9H2,1-4H3. The van der Waals surface area contributed by atoms with E-state index >= 15 is 0 Å². The zero-order valence-corrected chi connectivity index (χ0v) is 10.4. The first-order valence-corrected chi connectivity index (χ1v) is 5.75. The highest BCUT2D eigenvalue weighted by Gasteiger charge is 2.29. The Morgan fingerprint density at radius 3 is 2.73 bits per heavy atom. The van der Waals surface area contributed by atoms with Gasteiger partial charge in [0.15, 0.2) is 0 Å². The van der Waals surface area contributed by atoms with Crippen LogP contribution in [-0.2, 0) is 9.53 Å². The highest BCUT2D eigenvalue weighted by atomic mass is 16.5. The van der Waals surface area contributed by atoms with E-state index in [0.717, 1.165) is 13.1 Å². The number of methoxy groups -OCH3 is 1. The van der Waals surface area contributed by atoms with E-state index in [1.165, 1.54) is 20.0 Å². The van der Waals surface area contributed by atoms with Crippen LogP contribution < -0.4 is 0 Å². The third-order valence-electron chi connectivity index (χ3n) is 3.24. The number of likely N-dealkylation sites (tertiary alicyclic amines) is 1. The molecule has 0 aliphatic carbocycles. The van der Waals surface area contributed by atoms with E-state index in [1.54, 1.807) is 0 Å². The quantitative estimate of drug-likeness (QED) is 0.672. The molecule has 1 aliphatic rings. The second kappa shape index (κ2) is 4.97. The molecule has 3 heteroatoms. The molecule has 0 amide bonds. The molecule has 15 heavy (non-hydrogen) atoms. The van der Waals surface area contributed by atoms with Gasteiger partial charge in [0.05, 0.1) is 13.5 Å². The van der Waals surface area contributed by atoms with Crippen molar-refractivity contribution in [1.82, 2.24) is 4.90 Å². The fraction of sp³-hybridized carbons (Fsp3) is 0.917. The van der Waals surface area contributed by atoms with Crippen LogP contribution >= 0.6 is 0 Å². The molecule has 1 unspecified atom stereocenters. The van der Waals surface area contributed by atoms with Crippen LogP contribution in [-0.4, -0.2) is 37.1 Å². The smallest absolute Gasteiger partial charge is 0.307 e. The lowest BCUT2D eigenvalue weighted by atomic mass is 9.83. The lowest BCUT2D eigenvalue weighted by Crippen LogP contribution is -2.45.